The lowest BCUT2D eigenvalue weighted by Gasteiger charge is -2.32. The van der Waals surface area contributed by atoms with Crippen LogP contribution in [-0.4, -0.2) is 38.0 Å². The van der Waals surface area contributed by atoms with Gasteiger partial charge < -0.3 is 4.90 Å². The van der Waals surface area contributed by atoms with Crippen LogP contribution in [0.4, 0.5) is 0 Å². The average Bonchev–Trinajstić information content (AvgIpc) is 3.05. The highest BCUT2D eigenvalue weighted by atomic mass is 79.9. The van der Waals surface area contributed by atoms with Crippen LogP contribution >= 0.6 is 31.9 Å². The molecule has 0 saturated carbocycles. The molecule has 7 heteroatoms. The number of benzene rings is 1. The van der Waals surface area contributed by atoms with Gasteiger partial charge in [-0.1, -0.05) is 34.1 Å². The van der Waals surface area contributed by atoms with Gasteiger partial charge in [-0.2, -0.15) is 5.10 Å². The third-order valence-electron chi connectivity index (χ3n) is 4.56. The lowest BCUT2D eigenvalue weighted by molar-refractivity contribution is 0.0705. The Balaban J connectivity index is 1.57. The van der Waals surface area contributed by atoms with Gasteiger partial charge in [-0.15, -0.1) is 0 Å². The molecule has 0 aliphatic carbocycles. The Hall–Kier alpha value is -1.99. The highest BCUT2D eigenvalue weighted by Crippen LogP contribution is 2.28. The lowest BCUT2D eigenvalue weighted by atomic mass is 9.95. The fourth-order valence-corrected chi connectivity index (χ4v) is 3.75. The van der Waals surface area contributed by atoms with Gasteiger partial charge in [0.25, 0.3) is 5.91 Å². The minimum absolute atomic E-state index is 0.0646. The first-order chi connectivity index (χ1) is 12.5. The van der Waals surface area contributed by atoms with Crippen molar-refractivity contribution in [1.29, 1.82) is 0 Å². The maximum Gasteiger partial charge on any atom is 0.274 e. The Bertz CT molecular complexity index is 1010. The van der Waals surface area contributed by atoms with Gasteiger partial charge in [0.05, 0.1) is 4.47 Å². The Morgan fingerprint density at radius 1 is 1.19 bits per heavy atom. The molecule has 1 aliphatic heterocycles. The number of hydrogen-bond donors (Lipinski definition) is 0. The predicted molar refractivity (Wildman–Crippen MR) is 108 cm³/mol. The van der Waals surface area contributed by atoms with E-state index in [2.05, 4.69) is 67.1 Å². The SMILES string of the molecule is CC1CC(c2ccc(Br)cc2)=CCN1C(=O)c1cc2ncc(Br)cn2n1. The topological polar surface area (TPSA) is 50.5 Å². The molecule has 3 heterocycles. The summed E-state index contributed by atoms with van der Waals surface area (Å²) in [5, 5.41) is 4.38. The number of rotatable bonds is 2. The summed E-state index contributed by atoms with van der Waals surface area (Å²) in [6.07, 6.45) is 6.45. The molecule has 0 bridgehead atoms. The number of amides is 1. The normalized spacial score (nSPS) is 17.4. The monoisotopic (exact) mass is 474 g/mol. The van der Waals surface area contributed by atoms with Gasteiger partial charge >= 0.3 is 0 Å². The van der Waals surface area contributed by atoms with Crippen LogP contribution in [0, 0.1) is 0 Å². The summed E-state index contributed by atoms with van der Waals surface area (Å²) in [6, 6.07) is 10.1. The maximum absolute atomic E-state index is 12.9. The fraction of sp³-hybridized carbons (Fsp3) is 0.211. The highest BCUT2D eigenvalue weighted by molar-refractivity contribution is 9.10. The number of nitrogens with zero attached hydrogens (tertiary/aromatic N) is 4. The third-order valence-corrected chi connectivity index (χ3v) is 5.50. The number of hydrogen-bond acceptors (Lipinski definition) is 3. The second-order valence-corrected chi connectivity index (χ2v) is 8.18. The molecule has 1 aromatic carbocycles. The van der Waals surface area contributed by atoms with Crippen molar-refractivity contribution in [2.75, 3.05) is 6.54 Å². The van der Waals surface area contributed by atoms with Crippen molar-refractivity contribution >= 4 is 49.0 Å². The molecule has 132 valence electrons. The van der Waals surface area contributed by atoms with E-state index < -0.39 is 0 Å². The van der Waals surface area contributed by atoms with Crippen LogP contribution < -0.4 is 0 Å². The van der Waals surface area contributed by atoms with E-state index in [1.54, 1.807) is 23.0 Å². The average molecular weight is 476 g/mol. The standard InChI is InChI=1S/C19H16Br2N4O/c1-12-8-14(13-2-4-15(20)5-3-13)6-7-24(12)19(26)17-9-18-22-10-16(21)11-25(18)23-17/h2-6,9-12H,7-8H2,1H3. The molecule has 4 rings (SSSR count). The van der Waals surface area contributed by atoms with E-state index in [1.165, 1.54) is 11.1 Å². The van der Waals surface area contributed by atoms with Crippen LogP contribution in [-0.2, 0) is 0 Å². The van der Waals surface area contributed by atoms with E-state index in [0.717, 1.165) is 15.4 Å². The Labute approximate surface area is 168 Å². The third kappa shape index (κ3) is 3.33. The molecule has 0 saturated heterocycles. The van der Waals surface area contributed by atoms with Gasteiger partial charge in [0, 0.05) is 35.5 Å². The van der Waals surface area contributed by atoms with Gasteiger partial charge in [-0.3, -0.25) is 4.79 Å². The maximum atomic E-state index is 12.9. The number of aromatic nitrogens is 3. The minimum Gasteiger partial charge on any atom is -0.330 e. The zero-order chi connectivity index (χ0) is 18.3. The summed E-state index contributed by atoms with van der Waals surface area (Å²) in [5.41, 5.74) is 3.55. The molecule has 0 spiro atoms. The van der Waals surface area contributed by atoms with Crippen molar-refractivity contribution in [2.45, 2.75) is 19.4 Å². The van der Waals surface area contributed by atoms with Gasteiger partial charge in [0.15, 0.2) is 11.3 Å². The smallest absolute Gasteiger partial charge is 0.274 e. The van der Waals surface area contributed by atoms with E-state index in [1.807, 2.05) is 17.0 Å². The van der Waals surface area contributed by atoms with Crippen molar-refractivity contribution in [2.24, 2.45) is 0 Å². The van der Waals surface area contributed by atoms with Crippen LogP contribution in [0.3, 0.4) is 0 Å². The predicted octanol–water partition coefficient (Wildman–Crippen LogP) is 4.57. The summed E-state index contributed by atoms with van der Waals surface area (Å²) in [4.78, 5) is 19.1. The highest BCUT2D eigenvalue weighted by Gasteiger charge is 2.27. The molecule has 26 heavy (non-hydrogen) atoms. The van der Waals surface area contributed by atoms with Crippen LogP contribution in [0.1, 0.15) is 29.4 Å². The molecule has 1 amide bonds. The molecular weight excluding hydrogens is 460 g/mol. The Kier molecular flexibility index (Phi) is 4.67. The molecule has 1 unspecified atom stereocenters. The molecule has 1 atom stereocenters. The minimum atomic E-state index is -0.0646. The summed E-state index contributed by atoms with van der Waals surface area (Å²) in [7, 11) is 0. The molecular formula is C19H16Br2N4O. The summed E-state index contributed by atoms with van der Waals surface area (Å²) < 4.78 is 3.50. The number of carbonyl (C=O) groups is 1. The second-order valence-electron chi connectivity index (χ2n) is 6.35. The molecule has 0 N–H and O–H groups in total. The lowest BCUT2D eigenvalue weighted by Crippen LogP contribution is -2.41. The van der Waals surface area contributed by atoms with E-state index in [-0.39, 0.29) is 11.9 Å². The van der Waals surface area contributed by atoms with E-state index in [4.69, 9.17) is 0 Å². The van der Waals surface area contributed by atoms with Gasteiger partial charge in [0.1, 0.15) is 0 Å². The van der Waals surface area contributed by atoms with Crippen molar-refractivity contribution in [3.05, 3.63) is 69.0 Å². The summed E-state index contributed by atoms with van der Waals surface area (Å²) >= 11 is 6.83. The van der Waals surface area contributed by atoms with Crippen LogP contribution in [0.2, 0.25) is 0 Å². The molecule has 5 nitrogen and oxygen atoms in total. The second kappa shape index (κ2) is 6.96. The zero-order valence-corrected chi connectivity index (χ0v) is 17.2. The summed E-state index contributed by atoms with van der Waals surface area (Å²) in [6.45, 7) is 2.66. The number of carbonyl (C=O) groups excluding carboxylic acids is 1. The van der Waals surface area contributed by atoms with Crippen LogP contribution in [0.15, 0.2) is 57.7 Å². The fourth-order valence-electron chi connectivity index (χ4n) is 3.19. The Morgan fingerprint density at radius 2 is 1.96 bits per heavy atom. The molecule has 1 aliphatic rings. The molecule has 0 fully saturated rings. The van der Waals surface area contributed by atoms with Crippen LogP contribution in [0.5, 0.6) is 0 Å². The van der Waals surface area contributed by atoms with E-state index in [9.17, 15) is 4.79 Å². The molecule has 3 aromatic rings. The molecule has 0 radical (unpaired) electrons. The summed E-state index contributed by atoms with van der Waals surface area (Å²) in [5.74, 6) is -0.0646. The van der Waals surface area contributed by atoms with Gasteiger partial charge in [-0.25, -0.2) is 9.50 Å². The van der Waals surface area contributed by atoms with E-state index >= 15 is 0 Å². The largest absolute Gasteiger partial charge is 0.330 e. The van der Waals surface area contributed by atoms with Crippen molar-refractivity contribution in [1.82, 2.24) is 19.5 Å². The zero-order valence-electron chi connectivity index (χ0n) is 14.1. The number of halogens is 2. The Morgan fingerprint density at radius 3 is 2.69 bits per heavy atom. The first-order valence-electron chi connectivity index (χ1n) is 8.28. The first kappa shape index (κ1) is 17.4. The number of fused-ring (bicyclic) bond motifs is 1. The van der Waals surface area contributed by atoms with E-state index in [0.29, 0.717) is 17.9 Å². The van der Waals surface area contributed by atoms with Crippen LogP contribution in [0.25, 0.3) is 11.2 Å². The van der Waals surface area contributed by atoms with Crippen molar-refractivity contribution < 1.29 is 4.79 Å². The van der Waals surface area contributed by atoms with Gasteiger partial charge in [-0.05, 0) is 52.5 Å². The quantitative estimate of drug-likeness (QED) is 0.545. The van der Waals surface area contributed by atoms with Crippen molar-refractivity contribution in [3.63, 3.8) is 0 Å². The molecule has 2 aromatic heterocycles. The van der Waals surface area contributed by atoms with Gasteiger partial charge in [0.2, 0.25) is 0 Å². The first-order valence-corrected chi connectivity index (χ1v) is 9.87. The van der Waals surface area contributed by atoms with Crippen molar-refractivity contribution in [3.8, 4) is 0 Å².